The molecule has 0 bridgehead atoms. The molecule has 2 N–H and O–H groups in total. The maximum atomic E-state index is 12.1. The van der Waals surface area contributed by atoms with Gasteiger partial charge in [-0.15, -0.1) is 0 Å². The number of aromatic nitrogens is 4. The van der Waals surface area contributed by atoms with Crippen molar-refractivity contribution < 1.29 is 13.2 Å². The van der Waals surface area contributed by atoms with Crippen molar-refractivity contribution >= 4 is 33.1 Å². The zero-order valence-corrected chi connectivity index (χ0v) is 19.8. The summed E-state index contributed by atoms with van der Waals surface area (Å²) >= 11 is 0. The number of fused-ring (bicyclic) bond motifs is 1. The standard InChI is InChI=1S/C23H27N7O3S/c1-34(31,32)19-6-3-9-24-23(19)29-22-14-21(25-15-26-22)28-20-8-7-16-17(27-20)4-2-5-18(16)30-10-12-33-13-11-30/h3,6-9,14-15,18H,2,4-5,10-13H2,1H3,(H2,24,25,26,27,28,29)/t18-/m0/s1. The number of sulfone groups is 1. The molecule has 0 radical (unpaired) electrons. The molecule has 1 aliphatic carbocycles. The van der Waals surface area contributed by atoms with Crippen LogP contribution in [0.1, 0.15) is 30.1 Å². The van der Waals surface area contributed by atoms with Gasteiger partial charge in [0.15, 0.2) is 9.84 Å². The fraction of sp³-hybridized carbons (Fsp3) is 0.391. The van der Waals surface area contributed by atoms with E-state index in [1.807, 2.05) is 6.07 Å². The number of rotatable bonds is 6. The minimum Gasteiger partial charge on any atom is -0.379 e. The second-order valence-corrected chi connectivity index (χ2v) is 10.4. The summed E-state index contributed by atoms with van der Waals surface area (Å²) in [5.41, 5.74) is 2.42. The highest BCUT2D eigenvalue weighted by Gasteiger charge is 2.28. The lowest BCUT2D eigenvalue weighted by Gasteiger charge is -2.37. The number of ether oxygens (including phenoxy) is 1. The molecule has 0 aromatic carbocycles. The summed E-state index contributed by atoms with van der Waals surface area (Å²) in [5, 5.41) is 6.22. The molecule has 1 saturated heterocycles. The van der Waals surface area contributed by atoms with Gasteiger partial charge < -0.3 is 15.4 Å². The number of morpholine rings is 1. The number of pyridine rings is 2. The molecule has 1 atom stereocenters. The van der Waals surface area contributed by atoms with E-state index in [1.165, 1.54) is 24.2 Å². The third-order valence-electron chi connectivity index (χ3n) is 6.09. The second kappa shape index (κ2) is 9.61. The summed E-state index contributed by atoms with van der Waals surface area (Å²) in [6.07, 6.45) is 7.29. The molecule has 0 amide bonds. The molecule has 10 nitrogen and oxygen atoms in total. The van der Waals surface area contributed by atoms with Crippen LogP contribution in [0.4, 0.5) is 23.3 Å². The van der Waals surface area contributed by atoms with Crippen LogP contribution in [0.15, 0.2) is 47.8 Å². The lowest BCUT2D eigenvalue weighted by atomic mass is 9.90. The number of hydrogen-bond donors (Lipinski definition) is 2. The molecule has 1 aliphatic heterocycles. The first-order valence-electron chi connectivity index (χ1n) is 11.3. The van der Waals surface area contributed by atoms with Crippen LogP contribution < -0.4 is 10.6 Å². The van der Waals surface area contributed by atoms with Crippen LogP contribution in [0.25, 0.3) is 0 Å². The first-order valence-corrected chi connectivity index (χ1v) is 13.2. The normalized spacial score (nSPS) is 18.8. The first-order chi connectivity index (χ1) is 16.5. The monoisotopic (exact) mass is 481 g/mol. The van der Waals surface area contributed by atoms with E-state index in [4.69, 9.17) is 9.72 Å². The fourth-order valence-corrected chi connectivity index (χ4v) is 5.28. The van der Waals surface area contributed by atoms with E-state index in [2.05, 4.69) is 36.6 Å². The van der Waals surface area contributed by atoms with Gasteiger partial charge in [0.1, 0.15) is 34.5 Å². The fourth-order valence-electron chi connectivity index (χ4n) is 4.50. The third kappa shape index (κ3) is 5.01. The minimum absolute atomic E-state index is 0.106. The molecule has 2 aliphatic rings. The molecule has 178 valence electrons. The van der Waals surface area contributed by atoms with Crippen LogP contribution in [0.5, 0.6) is 0 Å². The zero-order chi connectivity index (χ0) is 23.5. The molecule has 3 aromatic heterocycles. The average Bonchev–Trinajstić information content (AvgIpc) is 2.84. The van der Waals surface area contributed by atoms with Crippen molar-refractivity contribution in [3.8, 4) is 0 Å². The van der Waals surface area contributed by atoms with Crippen molar-refractivity contribution in [2.24, 2.45) is 0 Å². The Hall–Kier alpha value is -3.15. The molecule has 11 heteroatoms. The molecule has 4 heterocycles. The summed E-state index contributed by atoms with van der Waals surface area (Å²) in [5.74, 6) is 1.89. The Morgan fingerprint density at radius 2 is 1.82 bits per heavy atom. The molecule has 3 aromatic rings. The highest BCUT2D eigenvalue weighted by molar-refractivity contribution is 7.90. The van der Waals surface area contributed by atoms with Crippen molar-refractivity contribution in [2.45, 2.75) is 30.2 Å². The molecule has 0 spiro atoms. The van der Waals surface area contributed by atoms with Gasteiger partial charge in [0, 0.05) is 43.3 Å². The van der Waals surface area contributed by atoms with E-state index in [0.717, 1.165) is 57.5 Å². The van der Waals surface area contributed by atoms with Gasteiger partial charge in [-0.05, 0) is 43.0 Å². The Labute approximate surface area is 198 Å². The molecule has 0 saturated carbocycles. The van der Waals surface area contributed by atoms with Crippen LogP contribution in [0, 0.1) is 0 Å². The van der Waals surface area contributed by atoms with Gasteiger partial charge in [-0.3, -0.25) is 4.90 Å². The lowest BCUT2D eigenvalue weighted by Crippen LogP contribution is -2.40. The van der Waals surface area contributed by atoms with E-state index in [1.54, 1.807) is 12.1 Å². The number of nitrogens with zero attached hydrogens (tertiary/aromatic N) is 5. The van der Waals surface area contributed by atoms with Crippen molar-refractivity contribution in [3.05, 3.63) is 54.1 Å². The van der Waals surface area contributed by atoms with E-state index >= 15 is 0 Å². The Balaban J connectivity index is 1.34. The zero-order valence-electron chi connectivity index (χ0n) is 18.9. The van der Waals surface area contributed by atoms with Gasteiger partial charge in [-0.25, -0.2) is 28.4 Å². The number of aryl methyl sites for hydroxylation is 1. The van der Waals surface area contributed by atoms with Gasteiger partial charge in [0.2, 0.25) is 0 Å². The summed E-state index contributed by atoms with van der Waals surface area (Å²) < 4.78 is 29.6. The van der Waals surface area contributed by atoms with Gasteiger partial charge in [0.25, 0.3) is 0 Å². The largest absolute Gasteiger partial charge is 0.379 e. The van der Waals surface area contributed by atoms with Crippen molar-refractivity contribution in [1.82, 2.24) is 24.8 Å². The van der Waals surface area contributed by atoms with Crippen LogP contribution in [0.2, 0.25) is 0 Å². The predicted molar refractivity (Wildman–Crippen MR) is 128 cm³/mol. The van der Waals surface area contributed by atoms with Gasteiger partial charge in [-0.2, -0.15) is 0 Å². The van der Waals surface area contributed by atoms with Gasteiger partial charge >= 0.3 is 0 Å². The highest BCUT2D eigenvalue weighted by Crippen LogP contribution is 2.35. The maximum absolute atomic E-state index is 12.1. The topological polar surface area (TPSA) is 122 Å². The lowest BCUT2D eigenvalue weighted by molar-refractivity contribution is 0.0122. The van der Waals surface area contributed by atoms with E-state index in [9.17, 15) is 8.42 Å². The van der Waals surface area contributed by atoms with E-state index in [-0.39, 0.29) is 10.7 Å². The van der Waals surface area contributed by atoms with Crippen molar-refractivity contribution in [1.29, 1.82) is 0 Å². The summed E-state index contributed by atoms with van der Waals surface area (Å²) in [7, 11) is -3.44. The molecule has 0 unspecified atom stereocenters. The molecule has 1 fully saturated rings. The summed E-state index contributed by atoms with van der Waals surface area (Å²) in [6.45, 7) is 3.48. The number of hydrogen-bond acceptors (Lipinski definition) is 10. The Kier molecular flexibility index (Phi) is 6.40. The van der Waals surface area contributed by atoms with Gasteiger partial charge in [0.05, 0.1) is 13.2 Å². The minimum atomic E-state index is -3.44. The van der Waals surface area contributed by atoms with Crippen LogP contribution in [0.3, 0.4) is 0 Å². The number of nitrogens with one attached hydrogen (secondary N) is 2. The summed E-state index contributed by atoms with van der Waals surface area (Å²) in [6, 6.07) is 9.32. The van der Waals surface area contributed by atoms with Gasteiger partial charge in [-0.1, -0.05) is 6.07 Å². The smallest absolute Gasteiger partial charge is 0.179 e. The SMILES string of the molecule is CS(=O)(=O)c1cccnc1Nc1cc(Nc2ccc3c(n2)CCC[C@@H]3N2CCOCC2)ncn1. The van der Waals surface area contributed by atoms with Crippen molar-refractivity contribution in [2.75, 3.05) is 43.2 Å². The Bertz CT molecular complexity index is 1280. The molecular formula is C23H27N7O3S. The average molecular weight is 482 g/mol. The first kappa shape index (κ1) is 22.6. The summed E-state index contributed by atoms with van der Waals surface area (Å²) in [4.78, 5) is 20.1. The third-order valence-corrected chi connectivity index (χ3v) is 7.21. The van der Waals surface area contributed by atoms with Crippen LogP contribution in [-0.4, -0.2) is 65.8 Å². The quantitative estimate of drug-likeness (QED) is 0.543. The van der Waals surface area contributed by atoms with E-state index < -0.39 is 9.84 Å². The van der Waals surface area contributed by atoms with Crippen LogP contribution >= 0.6 is 0 Å². The van der Waals surface area contributed by atoms with E-state index in [0.29, 0.717) is 23.5 Å². The highest BCUT2D eigenvalue weighted by atomic mass is 32.2. The maximum Gasteiger partial charge on any atom is 0.179 e. The second-order valence-electron chi connectivity index (χ2n) is 8.45. The predicted octanol–water partition coefficient (Wildman–Crippen LogP) is 2.87. The Morgan fingerprint density at radius 1 is 1.03 bits per heavy atom. The molecule has 34 heavy (non-hydrogen) atoms. The van der Waals surface area contributed by atoms with Crippen molar-refractivity contribution in [3.63, 3.8) is 0 Å². The Morgan fingerprint density at radius 3 is 2.62 bits per heavy atom. The van der Waals surface area contributed by atoms with Crippen LogP contribution in [-0.2, 0) is 21.0 Å². The molecule has 5 rings (SSSR count). The number of anilines is 4. The molecular weight excluding hydrogens is 454 g/mol.